The molecule has 2 fully saturated rings. The summed E-state index contributed by atoms with van der Waals surface area (Å²) >= 11 is 0. The van der Waals surface area contributed by atoms with Crippen LogP contribution in [-0.2, 0) is 9.53 Å². The maximum Gasteiger partial charge on any atom is 0.326 e. The molecule has 2 aliphatic carbocycles. The molecule has 0 aromatic carbocycles. The lowest BCUT2D eigenvalue weighted by molar-refractivity contribution is -0.153. The number of ether oxygens (including phenoxy) is 1. The summed E-state index contributed by atoms with van der Waals surface area (Å²) in [6.45, 7) is 2.21. The monoisotopic (exact) mass is 267 g/mol. The van der Waals surface area contributed by atoms with Crippen LogP contribution in [0, 0.1) is 5.92 Å². The van der Waals surface area contributed by atoms with E-state index >= 15 is 0 Å². The lowest BCUT2D eigenvalue weighted by Gasteiger charge is -2.43. The van der Waals surface area contributed by atoms with Crippen LogP contribution in [0.5, 0.6) is 0 Å². The maximum atomic E-state index is 12.4. The molecule has 0 bridgehead atoms. The second-order valence-electron chi connectivity index (χ2n) is 6.44. The average Bonchev–Trinajstić information content (AvgIpc) is 2.69. The molecule has 0 radical (unpaired) electrons. The third kappa shape index (κ3) is 3.31. The van der Waals surface area contributed by atoms with Crippen LogP contribution in [0.4, 0.5) is 0 Å². The third-order valence-electron chi connectivity index (χ3n) is 5.17. The summed E-state index contributed by atoms with van der Waals surface area (Å²) in [6.07, 6.45) is 12.2. The Morgan fingerprint density at radius 1 is 1.05 bits per heavy atom. The van der Waals surface area contributed by atoms with Crippen molar-refractivity contribution in [3.8, 4) is 0 Å². The van der Waals surface area contributed by atoms with Gasteiger partial charge in [-0.15, -0.1) is 0 Å². The SMILES string of the molecule is COC(=O)C1(NC2CCCCCC2)CCCCC1C. The first-order valence-corrected chi connectivity index (χ1v) is 8.05. The number of nitrogens with one attached hydrogen (secondary N) is 1. The van der Waals surface area contributed by atoms with Gasteiger partial charge in [0.2, 0.25) is 0 Å². The van der Waals surface area contributed by atoms with Crippen LogP contribution < -0.4 is 5.32 Å². The van der Waals surface area contributed by atoms with Gasteiger partial charge in [-0.3, -0.25) is 10.1 Å². The van der Waals surface area contributed by atoms with Gasteiger partial charge in [0.05, 0.1) is 7.11 Å². The van der Waals surface area contributed by atoms with Crippen LogP contribution in [0.2, 0.25) is 0 Å². The zero-order valence-electron chi connectivity index (χ0n) is 12.5. The molecule has 0 spiro atoms. The molecule has 3 nitrogen and oxygen atoms in total. The summed E-state index contributed by atoms with van der Waals surface area (Å²) in [5.74, 6) is 0.348. The highest BCUT2D eigenvalue weighted by Crippen LogP contribution is 2.36. The van der Waals surface area contributed by atoms with Gasteiger partial charge < -0.3 is 4.74 Å². The van der Waals surface area contributed by atoms with Gasteiger partial charge >= 0.3 is 5.97 Å². The molecule has 19 heavy (non-hydrogen) atoms. The first kappa shape index (κ1) is 14.8. The summed E-state index contributed by atoms with van der Waals surface area (Å²) in [5.41, 5.74) is -0.415. The van der Waals surface area contributed by atoms with Crippen molar-refractivity contribution in [2.45, 2.75) is 82.7 Å². The Hall–Kier alpha value is -0.570. The van der Waals surface area contributed by atoms with Crippen molar-refractivity contribution in [3.63, 3.8) is 0 Å². The lowest BCUT2D eigenvalue weighted by Crippen LogP contribution is -2.61. The molecule has 0 saturated heterocycles. The number of carbonyl (C=O) groups excluding carboxylic acids is 1. The van der Waals surface area contributed by atoms with E-state index in [1.165, 1.54) is 52.1 Å². The number of esters is 1. The minimum atomic E-state index is -0.415. The van der Waals surface area contributed by atoms with Gasteiger partial charge in [0.1, 0.15) is 5.54 Å². The summed E-state index contributed by atoms with van der Waals surface area (Å²) < 4.78 is 5.13. The van der Waals surface area contributed by atoms with Crippen LogP contribution in [0.1, 0.15) is 71.1 Å². The van der Waals surface area contributed by atoms with Gasteiger partial charge in [-0.1, -0.05) is 45.4 Å². The number of rotatable bonds is 3. The standard InChI is InChI=1S/C16H29NO2/c1-13-9-7-8-12-16(13,15(18)19-2)17-14-10-5-3-4-6-11-14/h13-14,17H,3-12H2,1-2H3. The quantitative estimate of drug-likeness (QED) is 0.629. The second-order valence-corrected chi connectivity index (χ2v) is 6.44. The lowest BCUT2D eigenvalue weighted by atomic mass is 9.73. The van der Waals surface area contributed by atoms with Gasteiger partial charge in [-0.05, 0) is 31.6 Å². The van der Waals surface area contributed by atoms with E-state index in [4.69, 9.17) is 4.74 Å². The average molecular weight is 267 g/mol. The highest BCUT2D eigenvalue weighted by Gasteiger charge is 2.46. The van der Waals surface area contributed by atoms with E-state index in [1.807, 2.05) is 0 Å². The molecular weight excluding hydrogens is 238 g/mol. The van der Waals surface area contributed by atoms with Crippen molar-refractivity contribution < 1.29 is 9.53 Å². The van der Waals surface area contributed by atoms with Crippen molar-refractivity contribution >= 4 is 5.97 Å². The Bertz CT molecular complexity index is 297. The summed E-state index contributed by atoms with van der Waals surface area (Å²) in [4.78, 5) is 12.4. The first-order chi connectivity index (χ1) is 9.19. The van der Waals surface area contributed by atoms with Gasteiger partial charge in [0, 0.05) is 6.04 Å². The Balaban J connectivity index is 2.10. The summed E-state index contributed by atoms with van der Waals surface area (Å²) in [6, 6.07) is 0.502. The topological polar surface area (TPSA) is 38.3 Å². The maximum absolute atomic E-state index is 12.4. The number of methoxy groups -OCH3 is 1. The number of carbonyl (C=O) groups is 1. The van der Waals surface area contributed by atoms with E-state index in [0.29, 0.717) is 12.0 Å². The molecule has 2 saturated carbocycles. The molecule has 2 atom stereocenters. The van der Waals surface area contributed by atoms with E-state index in [0.717, 1.165) is 19.3 Å². The molecule has 110 valence electrons. The molecule has 0 amide bonds. The highest BCUT2D eigenvalue weighted by atomic mass is 16.5. The second kappa shape index (κ2) is 6.74. The number of hydrogen-bond acceptors (Lipinski definition) is 3. The van der Waals surface area contributed by atoms with E-state index in [9.17, 15) is 4.79 Å². The van der Waals surface area contributed by atoms with Crippen LogP contribution in [0.15, 0.2) is 0 Å². The van der Waals surface area contributed by atoms with Gasteiger partial charge in [0.25, 0.3) is 0 Å². The van der Waals surface area contributed by atoms with Crippen molar-refractivity contribution in [3.05, 3.63) is 0 Å². The number of hydrogen-bond donors (Lipinski definition) is 1. The smallest absolute Gasteiger partial charge is 0.326 e. The first-order valence-electron chi connectivity index (χ1n) is 8.05. The highest BCUT2D eigenvalue weighted by molar-refractivity contribution is 5.81. The predicted octanol–water partition coefficient (Wildman–Crippen LogP) is 3.42. The van der Waals surface area contributed by atoms with E-state index in [2.05, 4.69) is 12.2 Å². The molecule has 2 aliphatic rings. The molecular formula is C16H29NO2. The molecule has 0 aromatic rings. The van der Waals surface area contributed by atoms with Crippen LogP contribution in [0.25, 0.3) is 0 Å². The zero-order valence-corrected chi connectivity index (χ0v) is 12.5. The van der Waals surface area contributed by atoms with E-state index in [-0.39, 0.29) is 5.97 Å². The molecule has 2 rings (SSSR count). The van der Waals surface area contributed by atoms with Crippen molar-refractivity contribution in [2.75, 3.05) is 7.11 Å². The third-order valence-corrected chi connectivity index (χ3v) is 5.17. The Morgan fingerprint density at radius 2 is 1.68 bits per heavy atom. The Morgan fingerprint density at radius 3 is 2.26 bits per heavy atom. The van der Waals surface area contributed by atoms with Gasteiger partial charge in [0.15, 0.2) is 0 Å². The van der Waals surface area contributed by atoms with Crippen molar-refractivity contribution in [2.24, 2.45) is 5.92 Å². The Labute approximate surface area is 117 Å². The van der Waals surface area contributed by atoms with Gasteiger partial charge in [-0.25, -0.2) is 0 Å². The normalized spacial score (nSPS) is 33.7. The van der Waals surface area contributed by atoms with Crippen LogP contribution >= 0.6 is 0 Å². The summed E-state index contributed by atoms with van der Waals surface area (Å²) in [5, 5.41) is 3.74. The Kier molecular flexibility index (Phi) is 5.26. The fourth-order valence-electron chi connectivity index (χ4n) is 3.89. The van der Waals surface area contributed by atoms with Crippen molar-refractivity contribution in [1.82, 2.24) is 5.32 Å². The van der Waals surface area contributed by atoms with Crippen LogP contribution in [0.3, 0.4) is 0 Å². The molecule has 1 N–H and O–H groups in total. The fourth-order valence-corrected chi connectivity index (χ4v) is 3.89. The molecule has 0 aliphatic heterocycles. The minimum absolute atomic E-state index is 0.0380. The van der Waals surface area contributed by atoms with Crippen LogP contribution in [-0.4, -0.2) is 24.7 Å². The molecule has 0 aromatic heterocycles. The fraction of sp³-hybridized carbons (Fsp3) is 0.938. The largest absolute Gasteiger partial charge is 0.468 e. The molecule has 0 heterocycles. The van der Waals surface area contributed by atoms with Crippen molar-refractivity contribution in [1.29, 1.82) is 0 Å². The minimum Gasteiger partial charge on any atom is -0.468 e. The van der Waals surface area contributed by atoms with E-state index < -0.39 is 5.54 Å². The molecule has 3 heteroatoms. The summed E-state index contributed by atoms with van der Waals surface area (Å²) in [7, 11) is 1.53. The molecule has 2 unspecified atom stereocenters. The van der Waals surface area contributed by atoms with E-state index in [1.54, 1.807) is 0 Å². The zero-order chi connectivity index (χ0) is 13.7. The predicted molar refractivity (Wildman–Crippen MR) is 77.0 cm³/mol. The van der Waals surface area contributed by atoms with Gasteiger partial charge in [-0.2, -0.15) is 0 Å².